The molecule has 1 aliphatic carbocycles. The molecule has 0 radical (unpaired) electrons. The maximum absolute atomic E-state index is 13.7. The fourth-order valence-corrected chi connectivity index (χ4v) is 4.27. The quantitative estimate of drug-likeness (QED) is 0.739. The minimum Gasteiger partial charge on any atom is -0.367 e. The number of anilines is 1. The number of fused-ring (bicyclic) bond motifs is 2. The lowest BCUT2D eigenvalue weighted by molar-refractivity contribution is 0.0667. The normalized spacial score (nSPS) is 18.7. The Morgan fingerprint density at radius 3 is 2.39 bits per heavy atom. The van der Waals surface area contributed by atoms with Crippen LogP contribution in [0.5, 0.6) is 0 Å². The van der Waals surface area contributed by atoms with Crippen LogP contribution in [0.1, 0.15) is 50.6 Å². The number of rotatable bonds is 5. The predicted molar refractivity (Wildman–Crippen MR) is 105 cm³/mol. The Hall–Kier alpha value is -2.95. The number of halogens is 1. The smallest absolute Gasteiger partial charge is 0.261 e. The molecule has 2 aliphatic heterocycles. The highest BCUT2D eigenvalue weighted by atomic mass is 19.1. The van der Waals surface area contributed by atoms with Crippen molar-refractivity contribution in [1.29, 1.82) is 0 Å². The largest absolute Gasteiger partial charge is 0.367 e. The third kappa shape index (κ3) is 2.82. The minimum absolute atomic E-state index is 0.0190. The van der Waals surface area contributed by atoms with Gasteiger partial charge in [0.05, 0.1) is 24.0 Å². The monoisotopic (exact) mass is 376 g/mol. The number of nitrogens with zero attached hydrogens (tertiary/aromatic N) is 2. The van der Waals surface area contributed by atoms with E-state index in [1.807, 2.05) is 0 Å². The van der Waals surface area contributed by atoms with Crippen LogP contribution in [0.2, 0.25) is 0 Å². The number of carbonyl (C=O) groups is 2. The second-order valence-electron chi connectivity index (χ2n) is 7.84. The first-order valence-electron chi connectivity index (χ1n) is 9.77. The summed E-state index contributed by atoms with van der Waals surface area (Å²) in [5.41, 5.74) is 5.06. The number of benzene rings is 2. The molecule has 5 rings (SSSR count). The molecule has 2 heterocycles. The van der Waals surface area contributed by atoms with Gasteiger partial charge in [-0.05, 0) is 60.1 Å². The van der Waals surface area contributed by atoms with Gasteiger partial charge in [-0.3, -0.25) is 14.5 Å². The van der Waals surface area contributed by atoms with Crippen molar-refractivity contribution in [3.63, 3.8) is 0 Å². The first-order chi connectivity index (χ1) is 13.7. The Kier molecular flexibility index (Phi) is 4.04. The second kappa shape index (κ2) is 6.59. The third-order valence-corrected chi connectivity index (χ3v) is 5.93. The minimum atomic E-state index is -0.351. The van der Waals surface area contributed by atoms with Crippen LogP contribution in [0, 0.1) is 0 Å². The maximum atomic E-state index is 13.7. The first kappa shape index (κ1) is 17.2. The van der Waals surface area contributed by atoms with Crippen LogP contribution in [-0.2, 0) is 6.42 Å². The van der Waals surface area contributed by atoms with Gasteiger partial charge in [0.2, 0.25) is 0 Å². The van der Waals surface area contributed by atoms with Crippen molar-refractivity contribution < 1.29 is 14.0 Å². The molecule has 0 N–H and O–H groups in total. The SMILES string of the molecule is O=C1c2ccccc2C(=O)N1C/C(=C\F)CN1CCc2cc(C3CC3)ccc21. The van der Waals surface area contributed by atoms with Crippen LogP contribution in [0.15, 0.2) is 54.4 Å². The molecule has 0 atom stereocenters. The van der Waals surface area contributed by atoms with E-state index in [-0.39, 0.29) is 18.4 Å². The number of imide groups is 1. The van der Waals surface area contributed by atoms with Gasteiger partial charge in [-0.2, -0.15) is 0 Å². The molecule has 1 saturated carbocycles. The molecule has 0 bridgehead atoms. The fourth-order valence-electron chi connectivity index (χ4n) is 4.27. The highest BCUT2D eigenvalue weighted by Crippen LogP contribution is 2.42. The predicted octanol–water partition coefficient (Wildman–Crippen LogP) is 4.08. The second-order valence-corrected chi connectivity index (χ2v) is 7.84. The van der Waals surface area contributed by atoms with Crippen molar-refractivity contribution in [2.45, 2.75) is 25.2 Å². The van der Waals surface area contributed by atoms with Crippen molar-refractivity contribution in [1.82, 2.24) is 4.90 Å². The molecule has 2 amide bonds. The molecule has 1 fully saturated rings. The lowest BCUT2D eigenvalue weighted by Crippen LogP contribution is -2.35. The molecular weight excluding hydrogens is 355 g/mol. The van der Waals surface area contributed by atoms with Gasteiger partial charge in [-0.1, -0.05) is 24.3 Å². The highest BCUT2D eigenvalue weighted by molar-refractivity contribution is 6.21. The third-order valence-electron chi connectivity index (χ3n) is 5.93. The van der Waals surface area contributed by atoms with Crippen molar-refractivity contribution in [3.8, 4) is 0 Å². The summed E-state index contributed by atoms with van der Waals surface area (Å²) < 4.78 is 13.7. The highest BCUT2D eigenvalue weighted by Gasteiger charge is 2.36. The van der Waals surface area contributed by atoms with E-state index in [4.69, 9.17) is 0 Å². The number of hydrogen-bond acceptors (Lipinski definition) is 3. The number of hydrogen-bond donors (Lipinski definition) is 0. The summed E-state index contributed by atoms with van der Waals surface area (Å²) in [7, 11) is 0. The van der Waals surface area contributed by atoms with E-state index in [9.17, 15) is 14.0 Å². The van der Waals surface area contributed by atoms with Crippen LogP contribution in [0.3, 0.4) is 0 Å². The van der Waals surface area contributed by atoms with Gasteiger partial charge in [0.1, 0.15) is 0 Å². The summed E-state index contributed by atoms with van der Waals surface area (Å²) in [6, 6.07) is 13.3. The lowest BCUT2D eigenvalue weighted by atomic mass is 10.1. The van der Waals surface area contributed by atoms with Crippen molar-refractivity contribution in [2.24, 2.45) is 0 Å². The molecule has 2 aromatic rings. The summed E-state index contributed by atoms with van der Waals surface area (Å²) in [6.07, 6.45) is 4.04. The number of carbonyl (C=O) groups excluding carboxylic acids is 2. The van der Waals surface area contributed by atoms with E-state index in [0.29, 0.717) is 29.6 Å². The summed E-state index contributed by atoms with van der Waals surface area (Å²) >= 11 is 0. The standard InChI is InChI=1S/C23H21FN2O2/c24-12-15(14-26-22(27)19-3-1-2-4-20(19)23(26)28)13-25-10-9-18-11-17(16-5-6-16)7-8-21(18)25/h1-4,7-8,11-12,16H,5-6,9-10,13-14H2/b15-12-. The van der Waals surface area contributed by atoms with E-state index >= 15 is 0 Å². The molecule has 0 saturated heterocycles. The lowest BCUT2D eigenvalue weighted by Gasteiger charge is -2.23. The molecule has 4 nitrogen and oxygen atoms in total. The van der Waals surface area contributed by atoms with Crippen LogP contribution in [-0.4, -0.2) is 36.3 Å². The van der Waals surface area contributed by atoms with E-state index in [0.717, 1.165) is 29.5 Å². The van der Waals surface area contributed by atoms with Crippen LogP contribution < -0.4 is 4.90 Å². The van der Waals surface area contributed by atoms with Crippen molar-refractivity contribution in [3.05, 3.63) is 76.6 Å². The van der Waals surface area contributed by atoms with E-state index in [1.165, 1.54) is 24.0 Å². The molecule has 142 valence electrons. The zero-order valence-corrected chi connectivity index (χ0v) is 15.5. The van der Waals surface area contributed by atoms with Gasteiger partial charge in [0.25, 0.3) is 11.8 Å². The van der Waals surface area contributed by atoms with Crippen LogP contribution in [0.25, 0.3) is 0 Å². The molecule has 2 aromatic carbocycles. The summed E-state index contributed by atoms with van der Waals surface area (Å²) in [4.78, 5) is 28.4. The van der Waals surface area contributed by atoms with Crippen molar-refractivity contribution in [2.75, 3.05) is 24.5 Å². The Morgan fingerprint density at radius 2 is 1.75 bits per heavy atom. The topological polar surface area (TPSA) is 40.6 Å². The van der Waals surface area contributed by atoms with Crippen LogP contribution in [0.4, 0.5) is 10.1 Å². The van der Waals surface area contributed by atoms with Gasteiger partial charge in [0.15, 0.2) is 0 Å². The zero-order chi connectivity index (χ0) is 19.3. The van der Waals surface area contributed by atoms with Gasteiger partial charge in [-0.15, -0.1) is 0 Å². The Balaban J connectivity index is 1.31. The zero-order valence-electron chi connectivity index (χ0n) is 15.5. The van der Waals surface area contributed by atoms with Gasteiger partial charge in [0, 0.05) is 18.8 Å². The average molecular weight is 376 g/mol. The van der Waals surface area contributed by atoms with E-state index < -0.39 is 0 Å². The first-order valence-corrected chi connectivity index (χ1v) is 9.77. The van der Waals surface area contributed by atoms with Gasteiger partial charge in [-0.25, -0.2) is 4.39 Å². The maximum Gasteiger partial charge on any atom is 0.261 e. The Labute approximate surface area is 163 Å². The Bertz CT molecular complexity index is 974. The Morgan fingerprint density at radius 1 is 1.04 bits per heavy atom. The number of amides is 2. The molecular formula is C23H21FN2O2. The van der Waals surface area contributed by atoms with Gasteiger partial charge < -0.3 is 4.90 Å². The average Bonchev–Trinajstić information content (AvgIpc) is 3.47. The molecule has 3 aliphatic rings. The van der Waals surface area contributed by atoms with Crippen LogP contribution >= 0.6 is 0 Å². The molecule has 0 spiro atoms. The summed E-state index contributed by atoms with van der Waals surface area (Å²) in [5, 5.41) is 0. The van der Waals surface area contributed by atoms with Crippen molar-refractivity contribution >= 4 is 17.5 Å². The molecule has 0 aromatic heterocycles. The van der Waals surface area contributed by atoms with Gasteiger partial charge >= 0.3 is 0 Å². The summed E-state index contributed by atoms with van der Waals surface area (Å²) in [6.45, 7) is 1.18. The van der Waals surface area contributed by atoms with E-state index in [2.05, 4.69) is 23.1 Å². The summed E-state index contributed by atoms with van der Waals surface area (Å²) in [5.74, 6) is 0.0150. The molecule has 28 heavy (non-hydrogen) atoms. The molecule has 5 heteroatoms. The van der Waals surface area contributed by atoms with E-state index in [1.54, 1.807) is 24.3 Å². The molecule has 0 unspecified atom stereocenters. The fraction of sp³-hybridized carbons (Fsp3) is 0.304.